The van der Waals surface area contributed by atoms with E-state index in [1.54, 1.807) is 7.11 Å². The number of ether oxygens (including phenoxy) is 1. The molecule has 0 radical (unpaired) electrons. The van der Waals surface area contributed by atoms with Crippen molar-refractivity contribution in [1.82, 2.24) is 0 Å². The predicted molar refractivity (Wildman–Crippen MR) is 50.2 cm³/mol. The number of hydrogen-bond donors (Lipinski definition) is 0. The molecule has 0 rings (SSSR count). The summed E-state index contributed by atoms with van der Waals surface area (Å²) in [6.45, 7) is 6.36. The summed E-state index contributed by atoms with van der Waals surface area (Å²) < 4.78 is 4.82. The highest BCUT2D eigenvalue weighted by atomic mass is 16.5. The van der Waals surface area contributed by atoms with Gasteiger partial charge in [-0.3, -0.25) is 4.79 Å². The van der Waals surface area contributed by atoms with Crippen LogP contribution in [0.5, 0.6) is 0 Å². The molecule has 0 aromatic carbocycles. The van der Waals surface area contributed by atoms with Crippen LogP contribution in [0.2, 0.25) is 0 Å². The van der Waals surface area contributed by atoms with Crippen molar-refractivity contribution in [3.63, 3.8) is 0 Å². The Morgan fingerprint density at radius 3 is 2.42 bits per heavy atom. The van der Waals surface area contributed by atoms with Crippen molar-refractivity contribution in [3.05, 3.63) is 0 Å². The van der Waals surface area contributed by atoms with Gasteiger partial charge in [0.1, 0.15) is 6.61 Å². The van der Waals surface area contributed by atoms with Crippen molar-refractivity contribution in [2.75, 3.05) is 13.7 Å². The Morgan fingerprint density at radius 1 is 1.42 bits per heavy atom. The topological polar surface area (TPSA) is 26.3 Å². The van der Waals surface area contributed by atoms with Crippen molar-refractivity contribution in [3.8, 4) is 0 Å². The number of Topliss-reactive ketones (excluding diaryl/α,β-unsaturated/α-hetero) is 1. The second kappa shape index (κ2) is 5.31. The summed E-state index contributed by atoms with van der Waals surface area (Å²) in [5.74, 6) is 0.207. The molecule has 0 fully saturated rings. The molecule has 0 N–H and O–H groups in total. The lowest BCUT2D eigenvalue weighted by atomic mass is 9.83. The first-order valence-electron chi connectivity index (χ1n) is 4.57. The summed E-state index contributed by atoms with van der Waals surface area (Å²) >= 11 is 0. The molecule has 0 aliphatic rings. The van der Waals surface area contributed by atoms with E-state index in [2.05, 4.69) is 6.92 Å². The molecule has 0 aliphatic heterocycles. The van der Waals surface area contributed by atoms with E-state index in [1.165, 1.54) is 0 Å². The zero-order valence-electron chi connectivity index (χ0n) is 8.64. The van der Waals surface area contributed by atoms with Gasteiger partial charge in [-0.1, -0.05) is 33.6 Å². The van der Waals surface area contributed by atoms with E-state index in [-0.39, 0.29) is 17.8 Å². The van der Waals surface area contributed by atoms with E-state index >= 15 is 0 Å². The molecule has 0 heterocycles. The Bertz CT molecular complexity index is 139. The number of methoxy groups -OCH3 is 1. The minimum atomic E-state index is -0.202. The molecule has 2 nitrogen and oxygen atoms in total. The van der Waals surface area contributed by atoms with Gasteiger partial charge in [0.2, 0.25) is 0 Å². The largest absolute Gasteiger partial charge is 0.377 e. The van der Waals surface area contributed by atoms with Gasteiger partial charge in [0.05, 0.1) is 0 Å². The van der Waals surface area contributed by atoms with E-state index in [0.29, 0.717) is 0 Å². The van der Waals surface area contributed by atoms with Crippen LogP contribution in [0.4, 0.5) is 0 Å². The maximum atomic E-state index is 11.4. The van der Waals surface area contributed by atoms with Crippen molar-refractivity contribution in [2.45, 2.75) is 40.0 Å². The quantitative estimate of drug-likeness (QED) is 0.615. The third-order valence-electron chi connectivity index (χ3n) is 2.19. The minimum absolute atomic E-state index is 0.202. The van der Waals surface area contributed by atoms with E-state index in [4.69, 9.17) is 4.74 Å². The minimum Gasteiger partial charge on any atom is -0.377 e. The molecule has 0 amide bonds. The lowest BCUT2D eigenvalue weighted by Gasteiger charge is -2.22. The maximum Gasteiger partial charge on any atom is 0.164 e. The molecular formula is C10H20O2. The molecule has 0 aromatic rings. The lowest BCUT2D eigenvalue weighted by molar-refractivity contribution is -0.131. The Labute approximate surface area is 75.3 Å². The molecule has 12 heavy (non-hydrogen) atoms. The molecule has 72 valence electrons. The molecule has 2 heteroatoms. The Kier molecular flexibility index (Phi) is 5.14. The predicted octanol–water partition coefficient (Wildman–Crippen LogP) is 2.42. The first kappa shape index (κ1) is 11.6. The molecule has 0 aromatic heterocycles. The van der Waals surface area contributed by atoms with Gasteiger partial charge in [0, 0.05) is 12.5 Å². The van der Waals surface area contributed by atoms with E-state index < -0.39 is 0 Å². The highest BCUT2D eigenvalue weighted by Gasteiger charge is 2.25. The van der Waals surface area contributed by atoms with Gasteiger partial charge in [-0.05, 0) is 6.42 Å². The van der Waals surface area contributed by atoms with E-state index in [9.17, 15) is 4.79 Å². The Balaban J connectivity index is 3.90. The third kappa shape index (κ3) is 3.86. The Hall–Kier alpha value is -0.370. The molecule has 0 saturated heterocycles. The number of ketones is 1. The Morgan fingerprint density at radius 2 is 2.00 bits per heavy atom. The van der Waals surface area contributed by atoms with Crippen LogP contribution >= 0.6 is 0 Å². The van der Waals surface area contributed by atoms with Crippen LogP contribution in [0.1, 0.15) is 40.0 Å². The first-order valence-corrected chi connectivity index (χ1v) is 4.57. The van der Waals surface area contributed by atoms with Crippen LogP contribution < -0.4 is 0 Å². The fraction of sp³-hybridized carbons (Fsp3) is 0.900. The highest BCUT2D eigenvalue weighted by Crippen LogP contribution is 2.24. The fourth-order valence-electron chi connectivity index (χ4n) is 1.08. The van der Waals surface area contributed by atoms with Gasteiger partial charge >= 0.3 is 0 Å². The zero-order chi connectivity index (χ0) is 9.61. The van der Waals surface area contributed by atoms with Crippen molar-refractivity contribution < 1.29 is 9.53 Å². The molecule has 0 bridgehead atoms. The van der Waals surface area contributed by atoms with Gasteiger partial charge in [0.25, 0.3) is 0 Å². The van der Waals surface area contributed by atoms with Gasteiger partial charge in [-0.2, -0.15) is 0 Å². The monoisotopic (exact) mass is 172 g/mol. The molecule has 0 aliphatic carbocycles. The molecular weight excluding hydrogens is 152 g/mol. The molecule has 0 saturated carbocycles. The van der Waals surface area contributed by atoms with Crippen LogP contribution in [0.25, 0.3) is 0 Å². The molecule has 0 spiro atoms. The average Bonchev–Trinajstić information content (AvgIpc) is 2.01. The number of unbranched alkanes of at least 4 members (excludes halogenated alkanes) is 1. The summed E-state index contributed by atoms with van der Waals surface area (Å²) in [5.41, 5.74) is -0.202. The standard InChI is InChI=1S/C10H20O2/c1-5-6-7-10(2,3)9(11)8-12-4/h5-8H2,1-4H3. The van der Waals surface area contributed by atoms with Gasteiger partial charge in [-0.15, -0.1) is 0 Å². The van der Waals surface area contributed by atoms with Crippen molar-refractivity contribution in [2.24, 2.45) is 5.41 Å². The summed E-state index contributed by atoms with van der Waals surface area (Å²) in [4.78, 5) is 11.4. The number of hydrogen-bond acceptors (Lipinski definition) is 2. The first-order chi connectivity index (χ1) is 5.54. The summed E-state index contributed by atoms with van der Waals surface area (Å²) in [6, 6.07) is 0. The fourth-order valence-corrected chi connectivity index (χ4v) is 1.08. The van der Waals surface area contributed by atoms with Gasteiger partial charge < -0.3 is 4.74 Å². The number of carbonyl (C=O) groups excluding carboxylic acids is 1. The summed E-state index contributed by atoms with van der Waals surface area (Å²) in [6.07, 6.45) is 3.22. The van der Waals surface area contributed by atoms with Crippen molar-refractivity contribution in [1.29, 1.82) is 0 Å². The van der Waals surface area contributed by atoms with Crippen LogP contribution in [-0.2, 0) is 9.53 Å². The van der Waals surface area contributed by atoms with Gasteiger partial charge in [-0.25, -0.2) is 0 Å². The second-order valence-electron chi connectivity index (χ2n) is 3.84. The zero-order valence-corrected chi connectivity index (χ0v) is 8.64. The van der Waals surface area contributed by atoms with Gasteiger partial charge in [0.15, 0.2) is 5.78 Å². The van der Waals surface area contributed by atoms with Crippen LogP contribution in [0, 0.1) is 5.41 Å². The SMILES string of the molecule is CCCCC(C)(C)C(=O)COC. The number of rotatable bonds is 6. The lowest BCUT2D eigenvalue weighted by Crippen LogP contribution is -2.27. The van der Waals surface area contributed by atoms with Crippen LogP contribution in [0.15, 0.2) is 0 Å². The molecule has 0 unspecified atom stereocenters. The van der Waals surface area contributed by atoms with Crippen LogP contribution in [0.3, 0.4) is 0 Å². The second-order valence-corrected chi connectivity index (χ2v) is 3.84. The maximum absolute atomic E-state index is 11.4. The average molecular weight is 172 g/mol. The van der Waals surface area contributed by atoms with Crippen LogP contribution in [-0.4, -0.2) is 19.5 Å². The van der Waals surface area contributed by atoms with E-state index in [0.717, 1.165) is 19.3 Å². The van der Waals surface area contributed by atoms with Crippen molar-refractivity contribution >= 4 is 5.78 Å². The van der Waals surface area contributed by atoms with E-state index in [1.807, 2.05) is 13.8 Å². The smallest absolute Gasteiger partial charge is 0.164 e. The highest BCUT2D eigenvalue weighted by molar-refractivity contribution is 5.85. The summed E-state index contributed by atoms with van der Waals surface area (Å²) in [7, 11) is 1.56. The summed E-state index contributed by atoms with van der Waals surface area (Å²) in [5, 5.41) is 0. The number of carbonyl (C=O) groups is 1. The molecule has 0 atom stereocenters. The third-order valence-corrected chi connectivity index (χ3v) is 2.19. The normalized spacial score (nSPS) is 11.7.